The second kappa shape index (κ2) is 6.04. The van der Waals surface area contributed by atoms with Gasteiger partial charge in [-0.2, -0.15) is 16.4 Å². The van der Waals surface area contributed by atoms with Crippen LogP contribution in [0.15, 0.2) is 38.6 Å². The number of nitrogens with zero attached hydrogens (tertiary/aromatic N) is 4. The third-order valence-corrected chi connectivity index (χ3v) is 3.89. The molecule has 20 heavy (non-hydrogen) atoms. The molecule has 6 nitrogen and oxygen atoms in total. The van der Waals surface area contributed by atoms with Crippen molar-refractivity contribution >= 4 is 52.2 Å². The molecule has 0 spiro atoms. The van der Waals surface area contributed by atoms with E-state index in [-0.39, 0.29) is 18.4 Å². The number of hydrogen-bond donors (Lipinski definition) is 2. The van der Waals surface area contributed by atoms with E-state index in [2.05, 4.69) is 15.2 Å². The Hall–Kier alpha value is -1.90. The van der Waals surface area contributed by atoms with Gasteiger partial charge in [-0.05, 0) is 11.4 Å². The molecule has 0 aliphatic carbocycles. The van der Waals surface area contributed by atoms with Crippen LogP contribution in [0.4, 0.5) is 0 Å². The van der Waals surface area contributed by atoms with Gasteiger partial charge >= 0.3 is 0 Å². The first-order chi connectivity index (χ1) is 9.25. The highest BCUT2D eigenvalue weighted by Gasteiger charge is 2.13. The van der Waals surface area contributed by atoms with Gasteiger partial charge in [0, 0.05) is 22.5 Å². The van der Waals surface area contributed by atoms with E-state index in [0.717, 1.165) is 21.9 Å². The Labute approximate surface area is 128 Å². The van der Waals surface area contributed by atoms with E-state index < -0.39 is 0 Å². The third kappa shape index (κ3) is 2.67. The molecule has 0 aliphatic rings. The molecule has 0 radical (unpaired) electrons. The molecule has 3 aromatic heterocycles. The molecule has 9 heteroatoms. The lowest BCUT2D eigenvalue weighted by Gasteiger charge is -1.95. The van der Waals surface area contributed by atoms with Gasteiger partial charge in [0.25, 0.3) is 0 Å². The van der Waals surface area contributed by atoms with Crippen molar-refractivity contribution < 1.29 is 0 Å². The first-order valence-electron chi connectivity index (χ1n) is 5.36. The summed E-state index contributed by atoms with van der Waals surface area (Å²) in [5, 5.41) is 13.5. The number of rotatable bonds is 3. The van der Waals surface area contributed by atoms with Crippen molar-refractivity contribution in [2.75, 3.05) is 0 Å². The number of thiazole rings is 1. The quantitative estimate of drug-likeness (QED) is 0.438. The van der Waals surface area contributed by atoms with Gasteiger partial charge in [0.1, 0.15) is 5.69 Å². The molecule has 0 unspecified atom stereocenters. The van der Waals surface area contributed by atoms with Crippen molar-refractivity contribution in [1.82, 2.24) is 9.38 Å². The average Bonchev–Trinajstić information content (AvgIpc) is 3.03. The van der Waals surface area contributed by atoms with E-state index in [1.807, 2.05) is 32.8 Å². The molecule has 0 aromatic carbocycles. The minimum Gasteiger partial charge on any atom is -0.369 e. The summed E-state index contributed by atoms with van der Waals surface area (Å²) in [5.74, 6) is -0.0700. The molecule has 0 aliphatic heterocycles. The lowest BCUT2D eigenvalue weighted by atomic mass is 10.2. The Bertz CT molecular complexity index is 751. The van der Waals surface area contributed by atoms with Crippen molar-refractivity contribution in [1.29, 1.82) is 0 Å². The second-order valence-corrected chi connectivity index (χ2v) is 5.34. The van der Waals surface area contributed by atoms with Crippen LogP contribution in [0, 0.1) is 0 Å². The summed E-state index contributed by atoms with van der Waals surface area (Å²) >= 11 is 3.19. The highest BCUT2D eigenvalue weighted by Crippen LogP contribution is 2.27. The minimum absolute atomic E-state index is 0. The molecule has 0 bridgehead atoms. The van der Waals surface area contributed by atoms with E-state index in [1.165, 1.54) is 0 Å². The lowest BCUT2D eigenvalue weighted by molar-refractivity contribution is 1.18. The lowest BCUT2D eigenvalue weighted by Crippen LogP contribution is -2.21. The number of halogens is 1. The van der Waals surface area contributed by atoms with Gasteiger partial charge < -0.3 is 11.5 Å². The first-order valence-corrected chi connectivity index (χ1v) is 7.18. The zero-order valence-corrected chi connectivity index (χ0v) is 12.6. The van der Waals surface area contributed by atoms with Crippen LogP contribution in [0.5, 0.6) is 0 Å². The minimum atomic E-state index is -0.0700. The standard InChI is InChI=1S/C11H10N6S2.ClH/c12-10(13)16-14-5-8-9(7-1-3-18-6-7)15-11-17(8)2-4-19-11;/h1-6H,(H4,12,13,16);1H/b14-5+;. The zero-order valence-electron chi connectivity index (χ0n) is 10.1. The fourth-order valence-electron chi connectivity index (χ4n) is 1.69. The fraction of sp³-hybridized carbons (Fsp3) is 0. The predicted molar refractivity (Wildman–Crippen MR) is 87.0 cm³/mol. The summed E-state index contributed by atoms with van der Waals surface area (Å²) < 4.78 is 1.96. The normalized spacial score (nSPS) is 10.8. The van der Waals surface area contributed by atoms with Crippen LogP contribution < -0.4 is 11.5 Å². The molecule has 3 aromatic rings. The molecule has 0 amide bonds. The molecule has 0 atom stereocenters. The van der Waals surface area contributed by atoms with E-state index in [4.69, 9.17) is 11.5 Å². The topological polar surface area (TPSA) is 94.1 Å². The summed E-state index contributed by atoms with van der Waals surface area (Å²) in [7, 11) is 0. The Balaban J connectivity index is 0.00000147. The van der Waals surface area contributed by atoms with E-state index in [9.17, 15) is 0 Å². The molecular weight excluding hydrogens is 316 g/mol. The summed E-state index contributed by atoms with van der Waals surface area (Å²) in [6, 6.07) is 2.02. The van der Waals surface area contributed by atoms with Crippen LogP contribution in [-0.2, 0) is 0 Å². The van der Waals surface area contributed by atoms with Crippen molar-refractivity contribution in [2.24, 2.45) is 21.7 Å². The molecule has 3 heterocycles. The maximum atomic E-state index is 5.25. The number of aromatic nitrogens is 2. The Kier molecular flexibility index (Phi) is 4.38. The highest BCUT2D eigenvalue weighted by molar-refractivity contribution is 7.15. The van der Waals surface area contributed by atoms with Crippen LogP contribution in [0.2, 0.25) is 0 Å². The van der Waals surface area contributed by atoms with Crippen LogP contribution in [0.25, 0.3) is 16.2 Å². The SMILES string of the molecule is Cl.NC(N)=N/N=C/c1c(-c2ccsc2)nc2sccn12. The highest BCUT2D eigenvalue weighted by atomic mass is 35.5. The molecule has 104 valence electrons. The van der Waals surface area contributed by atoms with Gasteiger partial charge in [0.2, 0.25) is 5.96 Å². The summed E-state index contributed by atoms with van der Waals surface area (Å²) in [6.45, 7) is 0. The van der Waals surface area contributed by atoms with E-state index in [1.54, 1.807) is 28.9 Å². The predicted octanol–water partition coefficient (Wildman–Crippen LogP) is 2.15. The third-order valence-electron chi connectivity index (χ3n) is 2.45. The number of thiophene rings is 1. The second-order valence-electron chi connectivity index (χ2n) is 3.68. The summed E-state index contributed by atoms with van der Waals surface area (Å²) in [4.78, 5) is 5.51. The van der Waals surface area contributed by atoms with Gasteiger partial charge in [-0.3, -0.25) is 4.40 Å². The molecular formula is C11H11ClN6S2. The van der Waals surface area contributed by atoms with Crippen LogP contribution in [-0.4, -0.2) is 21.6 Å². The molecule has 0 fully saturated rings. The van der Waals surface area contributed by atoms with Gasteiger partial charge in [0.05, 0.1) is 11.9 Å². The summed E-state index contributed by atoms with van der Waals surface area (Å²) in [6.07, 6.45) is 3.55. The Morgan fingerprint density at radius 3 is 2.90 bits per heavy atom. The number of imidazole rings is 1. The Morgan fingerprint density at radius 1 is 1.35 bits per heavy atom. The monoisotopic (exact) mass is 326 g/mol. The molecule has 4 N–H and O–H groups in total. The van der Waals surface area contributed by atoms with E-state index >= 15 is 0 Å². The van der Waals surface area contributed by atoms with Crippen LogP contribution in [0.1, 0.15) is 5.69 Å². The van der Waals surface area contributed by atoms with Crippen molar-refractivity contribution in [2.45, 2.75) is 0 Å². The van der Waals surface area contributed by atoms with Crippen LogP contribution >= 0.6 is 35.1 Å². The smallest absolute Gasteiger partial charge is 0.211 e. The number of hydrogen-bond acceptors (Lipinski definition) is 5. The van der Waals surface area contributed by atoms with Crippen molar-refractivity contribution in [3.05, 3.63) is 34.1 Å². The summed E-state index contributed by atoms with van der Waals surface area (Å²) in [5.41, 5.74) is 13.3. The Morgan fingerprint density at radius 2 is 2.20 bits per heavy atom. The number of guanidine groups is 1. The molecule has 0 saturated carbocycles. The number of nitrogens with two attached hydrogens (primary N) is 2. The van der Waals surface area contributed by atoms with Gasteiger partial charge in [-0.25, -0.2) is 4.98 Å². The van der Waals surface area contributed by atoms with Crippen molar-refractivity contribution in [3.8, 4) is 11.3 Å². The maximum absolute atomic E-state index is 5.25. The van der Waals surface area contributed by atoms with Gasteiger partial charge in [-0.1, -0.05) is 0 Å². The van der Waals surface area contributed by atoms with Crippen LogP contribution in [0.3, 0.4) is 0 Å². The average molecular weight is 327 g/mol. The molecule has 3 rings (SSSR count). The molecule has 0 saturated heterocycles. The number of fused-ring (bicyclic) bond motifs is 1. The van der Waals surface area contributed by atoms with Gasteiger partial charge in [-0.15, -0.1) is 28.8 Å². The van der Waals surface area contributed by atoms with Crippen molar-refractivity contribution in [3.63, 3.8) is 0 Å². The maximum Gasteiger partial charge on any atom is 0.211 e. The first kappa shape index (κ1) is 14.5. The fourth-order valence-corrected chi connectivity index (χ4v) is 3.05. The zero-order chi connectivity index (χ0) is 13.2. The largest absolute Gasteiger partial charge is 0.369 e. The van der Waals surface area contributed by atoms with Gasteiger partial charge in [0.15, 0.2) is 4.96 Å². The van der Waals surface area contributed by atoms with E-state index in [0.29, 0.717) is 0 Å².